The molecule has 0 aliphatic carbocycles. The number of phosphoric ester groups is 1. The molecule has 0 fully saturated rings. The Morgan fingerprint density at radius 3 is 1.21 bits per heavy atom. The summed E-state index contributed by atoms with van der Waals surface area (Å²) in [5.41, 5.74) is 0. The van der Waals surface area contributed by atoms with Crippen LogP contribution in [0.25, 0.3) is 0 Å². The normalized spacial score (nSPS) is 14.4. The number of phosphoric acid groups is 1. The molecular weight excluding hydrogens is 976 g/mol. The third-order valence-corrected chi connectivity index (χ3v) is 14.2. The van der Waals surface area contributed by atoms with E-state index < -0.39 is 20.0 Å². The minimum atomic E-state index is -4.47. The molecule has 0 radical (unpaired) electrons. The first kappa shape index (κ1) is 73.7. The van der Waals surface area contributed by atoms with Crippen LogP contribution in [0.5, 0.6) is 0 Å². The van der Waals surface area contributed by atoms with Crippen LogP contribution in [-0.4, -0.2) is 74.3 Å². The first-order chi connectivity index (χ1) is 37.4. The predicted molar refractivity (Wildman–Crippen MR) is 332 cm³/mol. The van der Waals surface area contributed by atoms with Crippen LogP contribution in [0.2, 0.25) is 0 Å². The fraction of sp³-hybridized carbons (Fsp3) is 0.701. The summed E-state index contributed by atoms with van der Waals surface area (Å²) in [6.45, 7) is 6.90. The van der Waals surface area contributed by atoms with Crippen LogP contribution in [0.4, 0.5) is 0 Å². The van der Waals surface area contributed by atoms with Crippen molar-refractivity contribution in [2.24, 2.45) is 0 Å². The molecule has 0 aliphatic rings. The molecule has 0 aromatic heterocycles. The summed E-state index contributed by atoms with van der Waals surface area (Å²) in [4.78, 5) is 37.7. The van der Waals surface area contributed by atoms with Gasteiger partial charge in [-0.2, -0.15) is 0 Å². The van der Waals surface area contributed by atoms with E-state index in [1.54, 1.807) is 0 Å². The number of likely N-dealkylation sites (N-methyl/N-ethyl adjacent to an activating group) is 1. The van der Waals surface area contributed by atoms with Gasteiger partial charge in [0, 0.05) is 12.8 Å². The molecule has 1 amide bonds. The van der Waals surface area contributed by atoms with Gasteiger partial charge in [-0.05, 0) is 122 Å². The van der Waals surface area contributed by atoms with Crippen molar-refractivity contribution in [3.05, 3.63) is 109 Å². The van der Waals surface area contributed by atoms with Crippen LogP contribution in [0.3, 0.4) is 0 Å². The molecule has 77 heavy (non-hydrogen) atoms. The van der Waals surface area contributed by atoms with E-state index in [2.05, 4.69) is 123 Å². The van der Waals surface area contributed by atoms with Gasteiger partial charge in [-0.1, -0.05) is 227 Å². The van der Waals surface area contributed by atoms with E-state index >= 15 is 0 Å². The van der Waals surface area contributed by atoms with Crippen LogP contribution in [0.15, 0.2) is 109 Å². The Morgan fingerprint density at radius 1 is 0.455 bits per heavy atom. The lowest BCUT2D eigenvalue weighted by Gasteiger charge is -2.27. The number of ether oxygens (including phenoxy) is 1. The molecule has 0 bridgehead atoms. The average molecular weight is 1090 g/mol. The summed E-state index contributed by atoms with van der Waals surface area (Å²) in [6.07, 6.45) is 76.5. The molecular formula is C67H118N2O7P+. The van der Waals surface area contributed by atoms with E-state index in [9.17, 15) is 19.0 Å². The molecule has 0 heterocycles. The van der Waals surface area contributed by atoms with Gasteiger partial charge >= 0.3 is 13.8 Å². The van der Waals surface area contributed by atoms with Crippen molar-refractivity contribution in [2.75, 3.05) is 40.9 Å². The monoisotopic (exact) mass is 1090 g/mol. The van der Waals surface area contributed by atoms with Crippen molar-refractivity contribution in [3.63, 3.8) is 0 Å². The van der Waals surface area contributed by atoms with Crippen molar-refractivity contribution in [2.45, 2.75) is 264 Å². The molecule has 9 nitrogen and oxygen atoms in total. The van der Waals surface area contributed by atoms with Gasteiger partial charge in [-0.25, -0.2) is 4.57 Å². The topological polar surface area (TPSA) is 111 Å². The molecule has 0 saturated carbocycles. The second kappa shape index (κ2) is 56.0. The van der Waals surface area contributed by atoms with E-state index in [-0.39, 0.29) is 37.9 Å². The zero-order chi connectivity index (χ0) is 56.4. The Labute approximate surface area is 474 Å². The van der Waals surface area contributed by atoms with Crippen molar-refractivity contribution >= 4 is 19.7 Å². The van der Waals surface area contributed by atoms with E-state index in [1.165, 1.54) is 109 Å². The van der Waals surface area contributed by atoms with E-state index in [0.29, 0.717) is 23.9 Å². The van der Waals surface area contributed by atoms with Gasteiger partial charge in [-0.3, -0.25) is 18.6 Å². The average Bonchev–Trinajstić information content (AvgIpc) is 3.39. The second-order valence-electron chi connectivity index (χ2n) is 21.9. The fourth-order valence-electron chi connectivity index (χ4n) is 8.32. The summed E-state index contributed by atoms with van der Waals surface area (Å²) in [7, 11) is 1.44. The number of rotatable bonds is 55. The van der Waals surface area contributed by atoms with Gasteiger partial charge in [0.05, 0.1) is 33.8 Å². The molecule has 0 aliphatic heterocycles. The smallest absolute Gasteiger partial charge is 0.456 e. The van der Waals surface area contributed by atoms with Crippen LogP contribution >= 0.6 is 7.82 Å². The molecule has 0 saturated heterocycles. The Kier molecular flexibility index (Phi) is 53.5. The number of nitrogens with one attached hydrogen (secondary N) is 1. The zero-order valence-corrected chi connectivity index (χ0v) is 51.3. The van der Waals surface area contributed by atoms with Crippen molar-refractivity contribution < 1.29 is 37.3 Å². The molecule has 0 aromatic carbocycles. The third-order valence-electron chi connectivity index (χ3n) is 13.2. The van der Waals surface area contributed by atoms with Crippen molar-refractivity contribution in [1.29, 1.82) is 0 Å². The summed E-state index contributed by atoms with van der Waals surface area (Å²) in [5, 5.41) is 3.03. The maximum absolute atomic E-state index is 13.5. The minimum absolute atomic E-state index is 0.0229. The largest absolute Gasteiger partial charge is 0.472 e. The SMILES string of the molecule is CCCCC/C=C\C/C=C\C/C=C\C/C=C\CCCCCC(=O)NC(COP(=O)(O)OCC[N+](C)(C)C)C(/C=C/CCCCCCCCCCCCC)OC(=O)CCCCC/C=C\C/C=C\C/C=C\C/C=C\CCCCC. The highest BCUT2D eigenvalue weighted by Crippen LogP contribution is 2.43. The number of hydrogen-bond acceptors (Lipinski definition) is 6. The summed E-state index contributed by atoms with van der Waals surface area (Å²) < 4.78 is 30.7. The molecule has 3 unspecified atom stereocenters. The number of amides is 1. The van der Waals surface area contributed by atoms with Gasteiger partial charge in [0.1, 0.15) is 19.3 Å². The number of quaternary nitrogens is 1. The minimum Gasteiger partial charge on any atom is -0.456 e. The van der Waals surface area contributed by atoms with Crippen LogP contribution < -0.4 is 5.32 Å². The summed E-state index contributed by atoms with van der Waals surface area (Å²) in [5.74, 6) is -0.582. The van der Waals surface area contributed by atoms with Gasteiger partial charge in [0.15, 0.2) is 0 Å². The first-order valence-corrected chi connectivity index (χ1v) is 32.7. The number of esters is 1. The number of hydrogen-bond donors (Lipinski definition) is 2. The molecule has 0 rings (SSSR count). The zero-order valence-electron chi connectivity index (χ0n) is 50.4. The maximum Gasteiger partial charge on any atom is 0.472 e. The highest BCUT2D eigenvalue weighted by molar-refractivity contribution is 7.47. The molecule has 2 N–H and O–H groups in total. The Hall–Kier alpha value is -3.33. The lowest BCUT2D eigenvalue weighted by atomic mass is 10.0. The molecule has 0 aromatic rings. The van der Waals surface area contributed by atoms with Crippen molar-refractivity contribution in [3.8, 4) is 0 Å². The van der Waals surface area contributed by atoms with Gasteiger partial charge in [0.2, 0.25) is 5.91 Å². The fourth-order valence-corrected chi connectivity index (χ4v) is 9.05. The van der Waals surface area contributed by atoms with E-state index in [1.807, 2.05) is 33.3 Å². The molecule has 3 atom stereocenters. The lowest BCUT2D eigenvalue weighted by molar-refractivity contribution is -0.870. The number of nitrogens with zero attached hydrogens (tertiary/aromatic N) is 1. The highest BCUT2D eigenvalue weighted by Gasteiger charge is 2.30. The van der Waals surface area contributed by atoms with Crippen molar-refractivity contribution in [1.82, 2.24) is 5.32 Å². The van der Waals surface area contributed by atoms with Gasteiger partial charge in [0.25, 0.3) is 0 Å². The number of carbonyl (C=O) groups excluding carboxylic acids is 2. The van der Waals surface area contributed by atoms with Crippen LogP contribution in [0, 0.1) is 0 Å². The summed E-state index contributed by atoms with van der Waals surface area (Å²) >= 11 is 0. The van der Waals surface area contributed by atoms with Gasteiger partial charge < -0.3 is 19.4 Å². The first-order valence-electron chi connectivity index (χ1n) is 31.2. The van der Waals surface area contributed by atoms with Crippen LogP contribution in [-0.2, 0) is 27.9 Å². The summed E-state index contributed by atoms with van der Waals surface area (Å²) in [6, 6.07) is -0.886. The highest BCUT2D eigenvalue weighted by atomic mass is 31.2. The van der Waals surface area contributed by atoms with E-state index in [0.717, 1.165) is 96.3 Å². The van der Waals surface area contributed by atoms with Crippen LogP contribution in [0.1, 0.15) is 252 Å². The molecule has 442 valence electrons. The number of unbranched alkanes of at least 4 members (excludes halogenated alkanes) is 23. The van der Waals surface area contributed by atoms with E-state index in [4.69, 9.17) is 13.8 Å². The molecule has 0 spiro atoms. The standard InChI is InChI=1S/C67H117N2O7P/c1-7-10-13-16-19-22-25-28-30-32-34-36-38-41-44-47-50-53-56-59-66(70)68-64(63-75-77(72,73)74-62-61-69(4,5)6)65(58-55-52-49-46-43-40-27-24-21-18-15-12-9-3)76-67(71)60-57-54-51-48-45-42-39-37-35-33-31-29-26-23-20-17-14-11-8-2/h19-20,22-23,28-31,34-37,41-42,44-45,55,58,64-65H,7-18,21,24-27,32-33,38-40,43,46-54,56-57,59-63H2,1-6H3,(H-,68,70,72,73)/p+1/b22-19-,23-20-,30-28-,31-29-,36-34-,37-35-,44-41-,45-42-,58-55+. The number of carbonyl (C=O) groups is 2. The maximum atomic E-state index is 13.5. The quantitative estimate of drug-likeness (QED) is 0.0205. The van der Waals surface area contributed by atoms with Gasteiger partial charge in [-0.15, -0.1) is 0 Å². The Balaban J connectivity index is 5.43. The number of allylic oxidation sites excluding steroid dienone is 17. The Morgan fingerprint density at radius 2 is 0.792 bits per heavy atom. The third kappa shape index (κ3) is 57.2. The Bertz CT molecular complexity index is 1690. The molecule has 10 heteroatoms. The lowest BCUT2D eigenvalue weighted by Crippen LogP contribution is -2.47. The second-order valence-corrected chi connectivity index (χ2v) is 23.3. The predicted octanol–water partition coefficient (Wildman–Crippen LogP) is 19.3.